The van der Waals surface area contributed by atoms with Crippen molar-refractivity contribution in [1.29, 1.82) is 0 Å². The zero-order valence-corrected chi connectivity index (χ0v) is 9.59. The third kappa shape index (κ3) is 2.69. The molecule has 0 aromatic heterocycles. The van der Waals surface area contributed by atoms with Crippen molar-refractivity contribution in [1.82, 2.24) is 0 Å². The molecule has 0 saturated carbocycles. The van der Waals surface area contributed by atoms with E-state index in [0.717, 1.165) is 19.6 Å². The lowest BCUT2D eigenvalue weighted by Crippen LogP contribution is -2.14. The molecule has 2 heteroatoms. The molecule has 1 atom stereocenters. The summed E-state index contributed by atoms with van der Waals surface area (Å²) >= 11 is 0. The molecule has 80 valence electrons. The monoisotopic (exact) mass is 196 g/mol. The highest BCUT2D eigenvalue weighted by Gasteiger charge is 2.17. The van der Waals surface area contributed by atoms with Crippen LogP contribution in [-0.4, -0.2) is 27.4 Å². The van der Waals surface area contributed by atoms with E-state index < -0.39 is 0 Å². The minimum atomic E-state index is 0.494. The van der Waals surface area contributed by atoms with Crippen molar-refractivity contribution >= 4 is 0 Å². The Morgan fingerprint density at radius 1 is 1.29 bits per heavy atom. The van der Waals surface area contributed by atoms with Crippen LogP contribution in [0.3, 0.4) is 0 Å². The summed E-state index contributed by atoms with van der Waals surface area (Å²) in [5.41, 5.74) is 4.21. The predicted octanol–water partition coefficient (Wildman–Crippen LogP) is 2.56. The van der Waals surface area contributed by atoms with E-state index in [2.05, 4.69) is 19.9 Å². The Hall–Kier alpha value is -0.600. The van der Waals surface area contributed by atoms with Gasteiger partial charge < -0.3 is 9.47 Å². The molecule has 1 aliphatic rings. The van der Waals surface area contributed by atoms with Gasteiger partial charge in [0.25, 0.3) is 0 Å². The summed E-state index contributed by atoms with van der Waals surface area (Å²) in [7, 11) is 3.49. The van der Waals surface area contributed by atoms with E-state index in [4.69, 9.17) is 9.47 Å². The first-order valence-corrected chi connectivity index (χ1v) is 5.05. The maximum absolute atomic E-state index is 5.22. The fourth-order valence-electron chi connectivity index (χ4n) is 2.07. The Morgan fingerprint density at radius 3 is 2.50 bits per heavy atom. The average molecular weight is 196 g/mol. The van der Waals surface area contributed by atoms with Crippen molar-refractivity contribution in [2.24, 2.45) is 5.92 Å². The average Bonchev–Trinajstić information content (AvgIpc) is 2.11. The topological polar surface area (TPSA) is 18.5 Å². The molecule has 0 amide bonds. The van der Waals surface area contributed by atoms with Gasteiger partial charge in [0.05, 0.1) is 13.2 Å². The molecule has 2 nitrogen and oxygen atoms in total. The molecule has 0 bridgehead atoms. The molecule has 0 spiro atoms. The molecule has 0 aromatic carbocycles. The van der Waals surface area contributed by atoms with E-state index in [1.165, 1.54) is 16.7 Å². The van der Waals surface area contributed by atoms with Crippen LogP contribution in [0.15, 0.2) is 22.8 Å². The molecule has 0 aliphatic heterocycles. The van der Waals surface area contributed by atoms with Crippen LogP contribution in [0.4, 0.5) is 0 Å². The van der Waals surface area contributed by atoms with Crippen LogP contribution in [0.5, 0.6) is 0 Å². The summed E-state index contributed by atoms with van der Waals surface area (Å²) in [6.07, 6.45) is 3.35. The molecule has 1 aliphatic carbocycles. The van der Waals surface area contributed by atoms with Crippen molar-refractivity contribution in [3.8, 4) is 0 Å². The van der Waals surface area contributed by atoms with E-state index in [9.17, 15) is 0 Å². The molecular weight excluding hydrogens is 176 g/mol. The largest absolute Gasteiger partial charge is 0.380 e. The van der Waals surface area contributed by atoms with E-state index in [1.807, 2.05) is 0 Å². The highest BCUT2D eigenvalue weighted by atomic mass is 16.5. The van der Waals surface area contributed by atoms with Crippen molar-refractivity contribution in [2.45, 2.75) is 20.3 Å². The summed E-state index contributed by atoms with van der Waals surface area (Å²) in [5.74, 6) is 0.494. The SMILES string of the molecule is COCC1=C(COC)C(C)C=C(C)C1. The van der Waals surface area contributed by atoms with E-state index in [0.29, 0.717) is 5.92 Å². The quantitative estimate of drug-likeness (QED) is 0.643. The van der Waals surface area contributed by atoms with Gasteiger partial charge in [0.15, 0.2) is 0 Å². The molecule has 0 radical (unpaired) electrons. The molecule has 0 fully saturated rings. The second-order valence-electron chi connectivity index (χ2n) is 3.97. The summed E-state index contributed by atoms with van der Waals surface area (Å²) in [6, 6.07) is 0. The predicted molar refractivity (Wildman–Crippen MR) is 58.3 cm³/mol. The van der Waals surface area contributed by atoms with Gasteiger partial charge in [0.2, 0.25) is 0 Å². The van der Waals surface area contributed by atoms with Gasteiger partial charge in [-0.15, -0.1) is 0 Å². The van der Waals surface area contributed by atoms with Gasteiger partial charge in [-0.3, -0.25) is 0 Å². The normalized spacial score (nSPS) is 22.6. The van der Waals surface area contributed by atoms with Crippen molar-refractivity contribution in [3.63, 3.8) is 0 Å². The first-order valence-electron chi connectivity index (χ1n) is 5.05. The van der Waals surface area contributed by atoms with E-state index in [-0.39, 0.29) is 0 Å². The second-order valence-corrected chi connectivity index (χ2v) is 3.97. The molecule has 14 heavy (non-hydrogen) atoms. The molecule has 0 heterocycles. The van der Waals surface area contributed by atoms with Crippen molar-refractivity contribution < 1.29 is 9.47 Å². The smallest absolute Gasteiger partial charge is 0.0682 e. The zero-order chi connectivity index (χ0) is 10.6. The highest BCUT2D eigenvalue weighted by molar-refractivity contribution is 5.31. The molecule has 1 unspecified atom stereocenters. The number of methoxy groups -OCH3 is 2. The van der Waals surface area contributed by atoms with Crippen LogP contribution in [0, 0.1) is 5.92 Å². The van der Waals surface area contributed by atoms with Gasteiger partial charge >= 0.3 is 0 Å². The fourth-order valence-corrected chi connectivity index (χ4v) is 2.07. The third-order valence-electron chi connectivity index (χ3n) is 2.65. The van der Waals surface area contributed by atoms with Gasteiger partial charge in [-0.1, -0.05) is 18.6 Å². The first kappa shape index (κ1) is 11.5. The molecular formula is C12H20O2. The fraction of sp³-hybridized carbons (Fsp3) is 0.667. The Labute approximate surface area is 86.6 Å². The first-order chi connectivity index (χ1) is 6.69. The van der Waals surface area contributed by atoms with Crippen LogP contribution in [0.25, 0.3) is 0 Å². The highest BCUT2D eigenvalue weighted by Crippen LogP contribution is 2.28. The minimum Gasteiger partial charge on any atom is -0.380 e. The van der Waals surface area contributed by atoms with Crippen LogP contribution in [0.2, 0.25) is 0 Å². The third-order valence-corrected chi connectivity index (χ3v) is 2.65. The molecule has 1 rings (SSSR count). The maximum Gasteiger partial charge on any atom is 0.0682 e. The lowest BCUT2D eigenvalue weighted by Gasteiger charge is -2.24. The van der Waals surface area contributed by atoms with Gasteiger partial charge in [-0.2, -0.15) is 0 Å². The number of allylic oxidation sites excluding steroid dienone is 2. The van der Waals surface area contributed by atoms with Crippen molar-refractivity contribution in [3.05, 3.63) is 22.8 Å². The van der Waals surface area contributed by atoms with Crippen LogP contribution in [-0.2, 0) is 9.47 Å². The Morgan fingerprint density at radius 2 is 1.93 bits per heavy atom. The van der Waals surface area contributed by atoms with Gasteiger partial charge in [-0.05, 0) is 30.4 Å². The number of hydrogen-bond donors (Lipinski definition) is 0. The summed E-state index contributed by atoms with van der Waals surface area (Å²) in [5, 5.41) is 0. The number of hydrogen-bond acceptors (Lipinski definition) is 2. The summed E-state index contributed by atoms with van der Waals surface area (Å²) in [6.45, 7) is 5.85. The summed E-state index contributed by atoms with van der Waals surface area (Å²) in [4.78, 5) is 0. The van der Waals surface area contributed by atoms with E-state index >= 15 is 0 Å². The van der Waals surface area contributed by atoms with Crippen molar-refractivity contribution in [2.75, 3.05) is 27.4 Å². The zero-order valence-electron chi connectivity index (χ0n) is 9.59. The number of rotatable bonds is 4. The second kappa shape index (κ2) is 5.32. The lowest BCUT2D eigenvalue weighted by atomic mass is 9.86. The van der Waals surface area contributed by atoms with Crippen LogP contribution in [0.1, 0.15) is 20.3 Å². The van der Waals surface area contributed by atoms with E-state index in [1.54, 1.807) is 14.2 Å². The molecule has 0 N–H and O–H groups in total. The van der Waals surface area contributed by atoms with Gasteiger partial charge in [0.1, 0.15) is 0 Å². The Balaban J connectivity index is 2.81. The Bertz CT molecular complexity index is 251. The Kier molecular flexibility index (Phi) is 4.36. The standard InChI is InChI=1S/C12H20O2/c1-9-5-10(2)12(8-14-4)11(6-9)7-13-3/h5,10H,6-8H2,1-4H3. The maximum atomic E-state index is 5.22. The lowest BCUT2D eigenvalue weighted by molar-refractivity contribution is 0.204. The van der Waals surface area contributed by atoms with Gasteiger partial charge in [0, 0.05) is 14.2 Å². The molecule has 0 aromatic rings. The van der Waals surface area contributed by atoms with Crippen LogP contribution < -0.4 is 0 Å². The van der Waals surface area contributed by atoms with Gasteiger partial charge in [-0.25, -0.2) is 0 Å². The summed E-state index contributed by atoms with van der Waals surface area (Å²) < 4.78 is 10.4. The van der Waals surface area contributed by atoms with Crippen LogP contribution >= 0.6 is 0 Å². The molecule has 0 saturated heterocycles. The minimum absolute atomic E-state index is 0.494. The number of ether oxygens (including phenoxy) is 2.